The number of nitrogens with one attached hydrogen (secondary N) is 2. The Hall–Kier alpha value is -2.63. The van der Waals surface area contributed by atoms with Crippen LogP contribution in [0, 0.1) is 0 Å². The van der Waals surface area contributed by atoms with E-state index in [1.54, 1.807) is 0 Å². The second-order valence-corrected chi connectivity index (χ2v) is 5.36. The minimum absolute atomic E-state index is 0.183. The number of nitrogens with zero attached hydrogens (tertiary/aromatic N) is 2. The number of amides is 1. The summed E-state index contributed by atoms with van der Waals surface area (Å²) in [6, 6.07) is 10.5. The predicted molar refractivity (Wildman–Crippen MR) is 85.3 cm³/mol. The second-order valence-electron chi connectivity index (χ2n) is 5.36. The molecule has 22 heavy (non-hydrogen) atoms. The first-order valence-electron chi connectivity index (χ1n) is 7.44. The number of aromatic amines is 1. The Labute approximate surface area is 128 Å². The van der Waals surface area contributed by atoms with Gasteiger partial charge in [-0.05, 0) is 43.5 Å². The van der Waals surface area contributed by atoms with Gasteiger partial charge in [0.2, 0.25) is 0 Å². The van der Waals surface area contributed by atoms with E-state index < -0.39 is 0 Å². The van der Waals surface area contributed by atoms with Crippen LogP contribution in [0.5, 0.6) is 0 Å². The topological polar surface area (TPSA) is 78.1 Å². The molecule has 6 heteroatoms. The molecule has 2 aromatic rings. The molecule has 1 aliphatic rings. The average molecular weight is 298 g/mol. The van der Waals surface area contributed by atoms with Gasteiger partial charge in [-0.25, -0.2) is 5.10 Å². The molecule has 6 nitrogen and oxygen atoms in total. The third-order valence-electron chi connectivity index (χ3n) is 3.74. The smallest absolute Gasteiger partial charge is 0.276 e. The summed E-state index contributed by atoms with van der Waals surface area (Å²) in [6.07, 6.45) is 3.70. The summed E-state index contributed by atoms with van der Waals surface area (Å²) in [6.45, 7) is 2.11. The molecule has 1 amide bonds. The van der Waals surface area contributed by atoms with Gasteiger partial charge in [-0.1, -0.05) is 6.07 Å². The number of rotatable bonds is 3. The van der Waals surface area contributed by atoms with Gasteiger partial charge >= 0.3 is 0 Å². The lowest BCUT2D eigenvalue weighted by atomic mass is 10.1. The molecule has 0 radical (unpaired) electrons. The maximum atomic E-state index is 12.1. The van der Waals surface area contributed by atoms with E-state index in [1.807, 2.05) is 18.2 Å². The number of carbonyl (C=O) groups excluding carboxylic acids is 1. The summed E-state index contributed by atoms with van der Waals surface area (Å²) in [5, 5.41) is 8.79. The molecule has 0 unspecified atom stereocenters. The zero-order valence-electron chi connectivity index (χ0n) is 12.2. The van der Waals surface area contributed by atoms with Crippen molar-refractivity contribution in [3.63, 3.8) is 0 Å². The highest BCUT2D eigenvalue weighted by atomic mass is 16.2. The summed E-state index contributed by atoms with van der Waals surface area (Å²) in [7, 11) is 0. The Morgan fingerprint density at radius 2 is 1.95 bits per heavy atom. The largest absolute Gasteiger partial charge is 0.371 e. The quantitative estimate of drug-likeness (QED) is 0.908. The fourth-order valence-electron chi connectivity index (χ4n) is 2.60. The third kappa shape index (κ3) is 3.33. The van der Waals surface area contributed by atoms with Crippen molar-refractivity contribution >= 4 is 17.3 Å². The first-order valence-corrected chi connectivity index (χ1v) is 7.44. The zero-order valence-corrected chi connectivity index (χ0v) is 12.2. The van der Waals surface area contributed by atoms with Crippen LogP contribution in [0.25, 0.3) is 0 Å². The number of H-pyrrole nitrogens is 1. The summed E-state index contributed by atoms with van der Waals surface area (Å²) in [4.78, 5) is 25.4. The molecule has 1 saturated heterocycles. The Bertz CT molecular complexity index is 700. The summed E-state index contributed by atoms with van der Waals surface area (Å²) in [5.41, 5.74) is 1.69. The Morgan fingerprint density at radius 1 is 1.14 bits per heavy atom. The van der Waals surface area contributed by atoms with E-state index in [9.17, 15) is 9.59 Å². The van der Waals surface area contributed by atoms with Crippen molar-refractivity contribution in [1.82, 2.24) is 10.2 Å². The molecular formula is C16H18N4O2. The van der Waals surface area contributed by atoms with Crippen LogP contribution < -0.4 is 15.8 Å². The maximum Gasteiger partial charge on any atom is 0.276 e. The molecule has 0 atom stereocenters. The van der Waals surface area contributed by atoms with Gasteiger partial charge in [0.25, 0.3) is 11.5 Å². The van der Waals surface area contributed by atoms with E-state index in [0.29, 0.717) is 0 Å². The number of anilines is 2. The van der Waals surface area contributed by atoms with Crippen molar-refractivity contribution in [3.05, 3.63) is 52.4 Å². The SMILES string of the molecule is O=C(Nc1cccc(N2CCCCC2)c1)c1ccc(=O)[nH]n1. The van der Waals surface area contributed by atoms with Crippen LogP contribution in [0.4, 0.5) is 11.4 Å². The molecule has 1 fully saturated rings. The van der Waals surface area contributed by atoms with Gasteiger partial charge in [-0.3, -0.25) is 9.59 Å². The molecule has 1 aliphatic heterocycles. The van der Waals surface area contributed by atoms with Crippen molar-refractivity contribution in [2.45, 2.75) is 19.3 Å². The summed E-state index contributed by atoms with van der Waals surface area (Å²) < 4.78 is 0. The van der Waals surface area contributed by atoms with E-state index >= 15 is 0 Å². The highest BCUT2D eigenvalue weighted by Gasteiger charge is 2.12. The van der Waals surface area contributed by atoms with Gasteiger partial charge in [0, 0.05) is 30.5 Å². The van der Waals surface area contributed by atoms with Crippen molar-refractivity contribution in [1.29, 1.82) is 0 Å². The van der Waals surface area contributed by atoms with Crippen LogP contribution in [-0.2, 0) is 0 Å². The highest BCUT2D eigenvalue weighted by molar-refractivity contribution is 6.02. The minimum atomic E-state index is -0.341. The lowest BCUT2D eigenvalue weighted by molar-refractivity contribution is 0.102. The molecule has 0 bridgehead atoms. The lowest BCUT2D eigenvalue weighted by Crippen LogP contribution is -2.29. The van der Waals surface area contributed by atoms with Crippen LogP contribution >= 0.6 is 0 Å². The van der Waals surface area contributed by atoms with Gasteiger partial charge in [0.15, 0.2) is 0 Å². The summed E-state index contributed by atoms with van der Waals surface area (Å²) in [5.74, 6) is -0.341. The normalized spacial score (nSPS) is 14.6. The number of aromatic nitrogens is 2. The van der Waals surface area contributed by atoms with Gasteiger partial charge in [0.1, 0.15) is 5.69 Å². The van der Waals surface area contributed by atoms with Gasteiger partial charge in [-0.15, -0.1) is 0 Å². The van der Waals surface area contributed by atoms with Crippen molar-refractivity contribution < 1.29 is 4.79 Å². The fourth-order valence-corrected chi connectivity index (χ4v) is 2.60. The Morgan fingerprint density at radius 3 is 2.68 bits per heavy atom. The molecular weight excluding hydrogens is 280 g/mol. The van der Waals surface area contributed by atoms with Crippen molar-refractivity contribution in [2.75, 3.05) is 23.3 Å². The molecule has 0 saturated carbocycles. The maximum absolute atomic E-state index is 12.1. The molecule has 0 aliphatic carbocycles. The van der Waals surface area contributed by atoms with Crippen molar-refractivity contribution in [2.24, 2.45) is 0 Å². The van der Waals surface area contributed by atoms with Crippen LogP contribution in [0.1, 0.15) is 29.8 Å². The minimum Gasteiger partial charge on any atom is -0.371 e. The van der Waals surface area contributed by atoms with Crippen LogP contribution in [-0.4, -0.2) is 29.2 Å². The number of benzene rings is 1. The van der Waals surface area contributed by atoms with Gasteiger partial charge in [0.05, 0.1) is 0 Å². The van der Waals surface area contributed by atoms with Gasteiger partial charge in [-0.2, -0.15) is 5.10 Å². The Balaban J connectivity index is 1.73. The van der Waals surface area contributed by atoms with Crippen LogP contribution in [0.3, 0.4) is 0 Å². The third-order valence-corrected chi connectivity index (χ3v) is 3.74. The average Bonchev–Trinajstić information content (AvgIpc) is 2.56. The number of hydrogen-bond acceptors (Lipinski definition) is 4. The molecule has 114 valence electrons. The monoisotopic (exact) mass is 298 g/mol. The fraction of sp³-hybridized carbons (Fsp3) is 0.312. The van der Waals surface area contributed by atoms with E-state index in [2.05, 4.69) is 26.5 Å². The molecule has 2 heterocycles. The molecule has 1 aromatic carbocycles. The van der Waals surface area contributed by atoms with Crippen LogP contribution in [0.15, 0.2) is 41.2 Å². The molecule has 2 N–H and O–H groups in total. The van der Waals surface area contributed by atoms with E-state index in [0.717, 1.165) is 24.5 Å². The van der Waals surface area contributed by atoms with Crippen LogP contribution in [0.2, 0.25) is 0 Å². The van der Waals surface area contributed by atoms with E-state index in [1.165, 1.54) is 31.4 Å². The standard InChI is InChI=1S/C16H18N4O2/c21-15-8-7-14(18-19-15)16(22)17-12-5-4-6-13(11-12)20-9-2-1-3-10-20/h4-8,11H,1-3,9-10H2,(H,17,22)(H,19,21). The highest BCUT2D eigenvalue weighted by Crippen LogP contribution is 2.23. The van der Waals surface area contributed by atoms with E-state index in [-0.39, 0.29) is 17.2 Å². The number of piperidine rings is 1. The molecule has 1 aromatic heterocycles. The first-order chi connectivity index (χ1) is 10.7. The Kier molecular flexibility index (Phi) is 4.18. The molecule has 0 spiro atoms. The van der Waals surface area contributed by atoms with Crippen molar-refractivity contribution in [3.8, 4) is 0 Å². The first kappa shape index (κ1) is 14.3. The second kappa shape index (κ2) is 6.43. The van der Waals surface area contributed by atoms with E-state index in [4.69, 9.17) is 0 Å². The van der Waals surface area contributed by atoms with Gasteiger partial charge < -0.3 is 10.2 Å². The number of hydrogen-bond donors (Lipinski definition) is 2. The predicted octanol–water partition coefficient (Wildman–Crippen LogP) is 2.01. The molecule has 3 rings (SSSR count). The lowest BCUT2D eigenvalue weighted by Gasteiger charge is -2.29. The zero-order chi connectivity index (χ0) is 15.4. The summed E-state index contributed by atoms with van der Waals surface area (Å²) >= 11 is 0. The number of carbonyl (C=O) groups is 1.